The maximum atomic E-state index is 11.5. The van der Waals surface area contributed by atoms with Crippen molar-refractivity contribution in [1.82, 2.24) is 25.1 Å². The molecule has 1 amide bonds. The summed E-state index contributed by atoms with van der Waals surface area (Å²) < 4.78 is 6.62. The van der Waals surface area contributed by atoms with Crippen molar-refractivity contribution in [2.45, 2.75) is 24.5 Å². The van der Waals surface area contributed by atoms with Gasteiger partial charge in [-0.2, -0.15) is 5.10 Å². The predicted molar refractivity (Wildman–Crippen MR) is 93.4 cm³/mol. The lowest BCUT2D eigenvalue weighted by molar-refractivity contribution is -0.124. The van der Waals surface area contributed by atoms with E-state index in [-0.39, 0.29) is 12.5 Å². The van der Waals surface area contributed by atoms with Gasteiger partial charge in [0.05, 0.1) is 18.1 Å². The normalized spacial score (nSPS) is 14.5. The van der Waals surface area contributed by atoms with Crippen LogP contribution in [-0.4, -0.2) is 65.3 Å². The van der Waals surface area contributed by atoms with E-state index in [9.17, 15) is 4.79 Å². The molecule has 0 unspecified atom stereocenters. The highest BCUT2D eigenvalue weighted by molar-refractivity contribution is 7.98. The van der Waals surface area contributed by atoms with Gasteiger partial charge in [0, 0.05) is 26.7 Å². The third-order valence-electron chi connectivity index (χ3n) is 3.96. The summed E-state index contributed by atoms with van der Waals surface area (Å²) in [5.74, 6) is 0.836. The van der Waals surface area contributed by atoms with E-state index in [1.165, 1.54) is 31.7 Å². The molecule has 0 saturated carbocycles. The Kier molecular flexibility index (Phi) is 5.52. The Morgan fingerprint density at radius 3 is 2.88 bits per heavy atom. The van der Waals surface area contributed by atoms with E-state index in [0.29, 0.717) is 13.1 Å². The van der Waals surface area contributed by atoms with Crippen molar-refractivity contribution in [3.8, 4) is 0 Å². The second-order valence-electron chi connectivity index (χ2n) is 5.62. The molecule has 0 spiro atoms. The van der Waals surface area contributed by atoms with E-state index < -0.39 is 0 Å². The summed E-state index contributed by atoms with van der Waals surface area (Å²) in [4.78, 5) is 23.1. The number of aromatic nitrogens is 4. The molecule has 0 bridgehead atoms. The molecular formula is C15H22N6O2S. The Morgan fingerprint density at radius 1 is 1.38 bits per heavy atom. The molecule has 1 aliphatic rings. The summed E-state index contributed by atoms with van der Waals surface area (Å²) in [6.07, 6.45) is 6.18. The number of ether oxygens (including phenoxy) is 1. The molecule has 9 heteroatoms. The van der Waals surface area contributed by atoms with Crippen molar-refractivity contribution in [1.29, 1.82) is 0 Å². The van der Waals surface area contributed by atoms with Crippen molar-refractivity contribution in [3.63, 3.8) is 0 Å². The molecule has 24 heavy (non-hydrogen) atoms. The van der Waals surface area contributed by atoms with Crippen molar-refractivity contribution in [2.24, 2.45) is 0 Å². The van der Waals surface area contributed by atoms with Crippen LogP contribution in [0.3, 0.4) is 0 Å². The Bertz CT molecular complexity index is 713. The zero-order valence-electron chi connectivity index (χ0n) is 14.0. The fraction of sp³-hybridized carbons (Fsp3) is 0.600. The van der Waals surface area contributed by atoms with Crippen LogP contribution in [0.2, 0.25) is 0 Å². The highest BCUT2D eigenvalue weighted by Gasteiger charge is 2.20. The zero-order chi connectivity index (χ0) is 16.9. The van der Waals surface area contributed by atoms with Gasteiger partial charge in [-0.1, -0.05) is 11.8 Å². The first kappa shape index (κ1) is 17.0. The van der Waals surface area contributed by atoms with Crippen LogP contribution in [0, 0.1) is 0 Å². The van der Waals surface area contributed by atoms with Gasteiger partial charge in [-0.25, -0.2) is 14.6 Å². The molecule has 0 radical (unpaired) electrons. The number of hydrogen-bond acceptors (Lipinski definition) is 7. The SMILES string of the molecule is COCC(=O)NCCn1ncc2c(N3CCCC3)nc(SC)nc21. The van der Waals surface area contributed by atoms with E-state index >= 15 is 0 Å². The lowest BCUT2D eigenvalue weighted by Gasteiger charge is -2.17. The number of anilines is 1. The van der Waals surface area contributed by atoms with Crippen molar-refractivity contribution >= 4 is 34.5 Å². The van der Waals surface area contributed by atoms with Gasteiger partial charge in [0.25, 0.3) is 0 Å². The molecule has 1 fully saturated rings. The number of rotatable bonds is 7. The Hall–Kier alpha value is -1.87. The van der Waals surface area contributed by atoms with Crippen LogP contribution in [0.25, 0.3) is 11.0 Å². The van der Waals surface area contributed by atoms with Gasteiger partial charge in [-0.15, -0.1) is 0 Å². The first-order chi connectivity index (χ1) is 11.7. The number of thioether (sulfide) groups is 1. The summed E-state index contributed by atoms with van der Waals surface area (Å²) in [7, 11) is 1.50. The predicted octanol–water partition coefficient (Wildman–Crippen LogP) is 0.911. The Morgan fingerprint density at radius 2 is 2.17 bits per heavy atom. The van der Waals surface area contributed by atoms with Crippen LogP contribution in [0.15, 0.2) is 11.4 Å². The minimum atomic E-state index is -0.133. The second-order valence-corrected chi connectivity index (χ2v) is 6.39. The maximum Gasteiger partial charge on any atom is 0.246 e. The molecule has 1 saturated heterocycles. The van der Waals surface area contributed by atoms with Crippen molar-refractivity contribution in [2.75, 3.05) is 44.5 Å². The van der Waals surface area contributed by atoms with Crippen LogP contribution in [0.1, 0.15) is 12.8 Å². The number of carbonyl (C=O) groups excluding carboxylic acids is 1. The van der Waals surface area contributed by atoms with E-state index in [0.717, 1.165) is 35.1 Å². The lowest BCUT2D eigenvalue weighted by atomic mass is 10.3. The number of amides is 1. The van der Waals surface area contributed by atoms with Crippen LogP contribution in [0.5, 0.6) is 0 Å². The van der Waals surface area contributed by atoms with Gasteiger partial charge < -0.3 is 15.0 Å². The highest BCUT2D eigenvalue weighted by Crippen LogP contribution is 2.28. The lowest BCUT2D eigenvalue weighted by Crippen LogP contribution is -2.30. The fourth-order valence-electron chi connectivity index (χ4n) is 2.83. The number of fused-ring (bicyclic) bond motifs is 1. The van der Waals surface area contributed by atoms with E-state index in [1.54, 1.807) is 0 Å². The largest absolute Gasteiger partial charge is 0.375 e. The zero-order valence-corrected chi connectivity index (χ0v) is 14.8. The van der Waals surface area contributed by atoms with E-state index in [1.807, 2.05) is 17.1 Å². The van der Waals surface area contributed by atoms with E-state index in [4.69, 9.17) is 4.74 Å². The third-order valence-corrected chi connectivity index (χ3v) is 4.51. The van der Waals surface area contributed by atoms with Crippen LogP contribution in [0.4, 0.5) is 5.82 Å². The average molecular weight is 350 g/mol. The summed E-state index contributed by atoms with van der Waals surface area (Å²) in [5.41, 5.74) is 0.817. The van der Waals surface area contributed by atoms with Crippen LogP contribution >= 0.6 is 11.8 Å². The number of carbonyl (C=O) groups is 1. The minimum absolute atomic E-state index is 0.0672. The van der Waals surface area contributed by atoms with Gasteiger partial charge in [0.1, 0.15) is 12.4 Å². The van der Waals surface area contributed by atoms with Crippen molar-refractivity contribution in [3.05, 3.63) is 6.20 Å². The first-order valence-corrected chi connectivity index (χ1v) is 9.23. The van der Waals surface area contributed by atoms with Crippen LogP contribution < -0.4 is 10.2 Å². The number of nitrogens with one attached hydrogen (secondary N) is 1. The molecule has 1 N–H and O–H groups in total. The summed E-state index contributed by atoms with van der Waals surface area (Å²) >= 11 is 1.53. The smallest absolute Gasteiger partial charge is 0.246 e. The average Bonchev–Trinajstić information content (AvgIpc) is 3.24. The topological polar surface area (TPSA) is 85.2 Å². The minimum Gasteiger partial charge on any atom is -0.375 e. The standard InChI is InChI=1S/C15H22N6O2S/c1-23-10-12(22)16-5-8-21-14-11(9-17-21)13(18-15(19-14)24-2)20-6-3-4-7-20/h9H,3-8,10H2,1-2H3,(H,16,22). The molecule has 0 atom stereocenters. The quantitative estimate of drug-likeness (QED) is 0.587. The maximum absolute atomic E-state index is 11.5. The molecule has 130 valence electrons. The Labute approximate surface area is 145 Å². The van der Waals surface area contributed by atoms with Gasteiger partial charge in [-0.05, 0) is 19.1 Å². The first-order valence-electron chi connectivity index (χ1n) is 8.01. The monoisotopic (exact) mass is 350 g/mol. The molecule has 2 aromatic rings. The number of methoxy groups -OCH3 is 1. The molecule has 3 heterocycles. The molecule has 3 rings (SSSR count). The molecule has 0 aromatic carbocycles. The third kappa shape index (κ3) is 3.62. The second kappa shape index (κ2) is 7.80. The molecule has 0 aliphatic carbocycles. The fourth-order valence-corrected chi connectivity index (χ4v) is 3.18. The summed E-state index contributed by atoms with van der Waals surface area (Å²) in [5, 5.41) is 8.96. The number of nitrogens with zero attached hydrogens (tertiary/aromatic N) is 5. The molecule has 1 aliphatic heterocycles. The molecule has 8 nitrogen and oxygen atoms in total. The van der Waals surface area contributed by atoms with Crippen molar-refractivity contribution < 1.29 is 9.53 Å². The molecular weight excluding hydrogens is 328 g/mol. The van der Waals surface area contributed by atoms with Crippen LogP contribution in [-0.2, 0) is 16.1 Å². The summed E-state index contributed by atoms with van der Waals surface area (Å²) in [6.45, 7) is 3.16. The van der Waals surface area contributed by atoms with Gasteiger partial charge in [-0.3, -0.25) is 4.79 Å². The highest BCUT2D eigenvalue weighted by atomic mass is 32.2. The Balaban J connectivity index is 1.82. The molecule has 2 aromatic heterocycles. The number of hydrogen-bond donors (Lipinski definition) is 1. The van der Waals surface area contributed by atoms with Gasteiger partial charge in [0.15, 0.2) is 10.8 Å². The van der Waals surface area contributed by atoms with Gasteiger partial charge in [0.2, 0.25) is 5.91 Å². The van der Waals surface area contributed by atoms with E-state index in [2.05, 4.69) is 25.3 Å². The van der Waals surface area contributed by atoms with Gasteiger partial charge >= 0.3 is 0 Å². The summed E-state index contributed by atoms with van der Waals surface area (Å²) in [6, 6.07) is 0.